The monoisotopic (exact) mass is 321 g/mol. The van der Waals surface area contributed by atoms with Gasteiger partial charge in [0.15, 0.2) is 0 Å². The molecule has 3 rings (SSSR count). The largest absolute Gasteiger partial charge is 0.496 e. The summed E-state index contributed by atoms with van der Waals surface area (Å²) in [6.07, 6.45) is 2.45. The lowest BCUT2D eigenvalue weighted by molar-refractivity contribution is -0.124. The smallest absolute Gasteiger partial charge is 0.407 e. The summed E-state index contributed by atoms with van der Waals surface area (Å²) in [4.78, 5) is 24.7. The van der Waals surface area contributed by atoms with Gasteiger partial charge < -0.3 is 19.8 Å². The highest BCUT2D eigenvalue weighted by atomic mass is 16.5. The number of likely N-dealkylation sites (tertiary alicyclic amines) is 1. The van der Waals surface area contributed by atoms with Gasteiger partial charge in [0, 0.05) is 25.1 Å². The predicted molar refractivity (Wildman–Crippen MR) is 82.8 cm³/mol. The van der Waals surface area contributed by atoms with E-state index in [-0.39, 0.29) is 11.7 Å². The number of ketones is 1. The summed E-state index contributed by atoms with van der Waals surface area (Å²) in [5.41, 5.74) is 2.94. The van der Waals surface area contributed by atoms with Gasteiger partial charge in [-0.25, -0.2) is 4.79 Å². The normalized spacial score (nSPS) is 26.7. The molecule has 2 N–H and O–H groups in total. The number of rotatable bonds is 3. The Bertz CT molecular complexity index is 572. The molecule has 2 unspecified atom stereocenters. The predicted octanol–water partition coefficient (Wildman–Crippen LogP) is 1.95. The van der Waals surface area contributed by atoms with Crippen molar-refractivity contribution in [3.63, 3.8) is 0 Å². The van der Waals surface area contributed by atoms with E-state index in [0.29, 0.717) is 32.5 Å². The van der Waals surface area contributed by atoms with E-state index in [1.807, 2.05) is 6.92 Å². The number of Topliss-reactive ketones (excluding diaryl/α,β-unsaturated/α-hetero) is 1. The van der Waals surface area contributed by atoms with Crippen molar-refractivity contribution < 1.29 is 24.5 Å². The number of nitrogens with zero attached hydrogens (tertiary/aromatic N) is 1. The van der Waals surface area contributed by atoms with Crippen molar-refractivity contribution in [2.45, 2.75) is 38.7 Å². The van der Waals surface area contributed by atoms with Crippen LogP contribution in [0.2, 0.25) is 0 Å². The third-order valence-corrected chi connectivity index (χ3v) is 5.34. The van der Waals surface area contributed by atoms with Gasteiger partial charge in [-0.2, -0.15) is 0 Å². The SMILES string of the molecule is CC1=C2COC=C2CC(=O)C1C(O)CC1CCN(C(=O)O)CC1. The summed E-state index contributed by atoms with van der Waals surface area (Å²) in [5.74, 6) is -0.122. The van der Waals surface area contributed by atoms with Crippen molar-refractivity contribution in [1.29, 1.82) is 0 Å². The molecular formula is C17H23NO5. The number of fused-ring (bicyclic) bond motifs is 1. The minimum absolute atomic E-state index is 0.0541. The summed E-state index contributed by atoms with van der Waals surface area (Å²) in [7, 11) is 0. The second-order valence-corrected chi connectivity index (χ2v) is 6.75. The van der Waals surface area contributed by atoms with Crippen LogP contribution in [0.25, 0.3) is 0 Å². The number of piperidine rings is 1. The van der Waals surface area contributed by atoms with Crippen LogP contribution in [-0.2, 0) is 9.53 Å². The Balaban J connectivity index is 1.63. The van der Waals surface area contributed by atoms with E-state index in [4.69, 9.17) is 9.84 Å². The first-order valence-corrected chi connectivity index (χ1v) is 8.16. The van der Waals surface area contributed by atoms with Gasteiger partial charge in [-0.1, -0.05) is 5.57 Å². The van der Waals surface area contributed by atoms with Crippen LogP contribution in [0.4, 0.5) is 4.79 Å². The van der Waals surface area contributed by atoms with Crippen LogP contribution in [0.5, 0.6) is 0 Å². The number of carboxylic acid groups (broad SMARTS) is 1. The van der Waals surface area contributed by atoms with E-state index in [1.54, 1.807) is 6.26 Å². The molecule has 0 radical (unpaired) electrons. The number of hydrogen-bond acceptors (Lipinski definition) is 4. The fourth-order valence-electron chi connectivity index (χ4n) is 3.97. The maximum atomic E-state index is 12.4. The Morgan fingerprint density at radius 2 is 2.13 bits per heavy atom. The van der Waals surface area contributed by atoms with Crippen LogP contribution in [0.3, 0.4) is 0 Å². The first-order chi connectivity index (χ1) is 11.0. The molecule has 1 saturated heterocycles. The van der Waals surface area contributed by atoms with E-state index >= 15 is 0 Å². The lowest BCUT2D eigenvalue weighted by Gasteiger charge is -2.34. The first kappa shape index (κ1) is 16.1. The highest BCUT2D eigenvalue weighted by Gasteiger charge is 2.38. The van der Waals surface area contributed by atoms with Crippen molar-refractivity contribution in [2.75, 3.05) is 19.7 Å². The van der Waals surface area contributed by atoms with Crippen LogP contribution >= 0.6 is 0 Å². The summed E-state index contributed by atoms with van der Waals surface area (Å²) < 4.78 is 5.31. The van der Waals surface area contributed by atoms with E-state index < -0.39 is 18.1 Å². The lowest BCUT2D eigenvalue weighted by atomic mass is 9.75. The van der Waals surface area contributed by atoms with Gasteiger partial charge >= 0.3 is 6.09 Å². The summed E-state index contributed by atoms with van der Waals surface area (Å²) >= 11 is 0. The Hall–Kier alpha value is -1.82. The van der Waals surface area contributed by atoms with Gasteiger partial charge in [-0.3, -0.25) is 4.79 Å². The third-order valence-electron chi connectivity index (χ3n) is 5.34. The van der Waals surface area contributed by atoms with Crippen molar-refractivity contribution in [2.24, 2.45) is 11.8 Å². The first-order valence-electron chi connectivity index (χ1n) is 8.16. The molecular weight excluding hydrogens is 298 g/mol. The maximum absolute atomic E-state index is 12.4. The molecule has 6 heteroatoms. The van der Waals surface area contributed by atoms with Gasteiger partial charge in [-0.05, 0) is 37.7 Å². The van der Waals surface area contributed by atoms with E-state index in [2.05, 4.69) is 0 Å². The van der Waals surface area contributed by atoms with Gasteiger partial charge in [0.2, 0.25) is 0 Å². The Kier molecular flexibility index (Phi) is 4.43. The van der Waals surface area contributed by atoms with Gasteiger partial charge in [0.1, 0.15) is 12.4 Å². The maximum Gasteiger partial charge on any atom is 0.407 e. The topological polar surface area (TPSA) is 87.1 Å². The molecule has 0 spiro atoms. The second-order valence-electron chi connectivity index (χ2n) is 6.75. The second kappa shape index (κ2) is 6.35. The van der Waals surface area contributed by atoms with E-state index in [0.717, 1.165) is 29.6 Å². The summed E-state index contributed by atoms with van der Waals surface area (Å²) in [6, 6.07) is 0. The molecule has 0 aromatic heterocycles. The average molecular weight is 321 g/mol. The van der Waals surface area contributed by atoms with Crippen molar-refractivity contribution in [3.8, 4) is 0 Å². The molecule has 2 heterocycles. The van der Waals surface area contributed by atoms with Crippen LogP contribution < -0.4 is 0 Å². The molecule has 0 aromatic rings. The molecule has 2 atom stereocenters. The van der Waals surface area contributed by atoms with E-state index in [1.165, 1.54) is 4.90 Å². The molecule has 6 nitrogen and oxygen atoms in total. The van der Waals surface area contributed by atoms with Crippen LogP contribution in [0, 0.1) is 11.8 Å². The molecule has 0 saturated carbocycles. The average Bonchev–Trinajstić information content (AvgIpc) is 2.96. The van der Waals surface area contributed by atoms with Gasteiger partial charge in [0.05, 0.1) is 18.3 Å². The number of hydrogen-bond donors (Lipinski definition) is 2. The number of aliphatic hydroxyl groups excluding tert-OH is 1. The van der Waals surface area contributed by atoms with Gasteiger partial charge in [-0.15, -0.1) is 0 Å². The quantitative estimate of drug-likeness (QED) is 0.829. The van der Waals surface area contributed by atoms with E-state index in [9.17, 15) is 14.7 Å². The molecule has 1 amide bonds. The Morgan fingerprint density at radius 1 is 1.43 bits per heavy atom. The van der Waals surface area contributed by atoms with Crippen LogP contribution in [0.15, 0.2) is 23.0 Å². The summed E-state index contributed by atoms with van der Waals surface area (Å²) in [6.45, 7) is 3.42. The molecule has 1 aliphatic carbocycles. The zero-order chi connectivity index (χ0) is 16.6. The zero-order valence-electron chi connectivity index (χ0n) is 13.3. The number of carbonyl (C=O) groups is 2. The molecule has 2 aliphatic heterocycles. The molecule has 126 valence electrons. The van der Waals surface area contributed by atoms with Gasteiger partial charge in [0.25, 0.3) is 0 Å². The Morgan fingerprint density at radius 3 is 2.78 bits per heavy atom. The van der Waals surface area contributed by atoms with Crippen LogP contribution in [-0.4, -0.2) is 52.8 Å². The molecule has 0 aromatic carbocycles. The lowest BCUT2D eigenvalue weighted by Crippen LogP contribution is -2.40. The number of aliphatic hydroxyl groups is 1. The van der Waals surface area contributed by atoms with Crippen LogP contribution in [0.1, 0.15) is 32.6 Å². The number of ether oxygens (including phenoxy) is 1. The fourth-order valence-corrected chi connectivity index (χ4v) is 3.97. The molecule has 0 bridgehead atoms. The molecule has 1 fully saturated rings. The highest BCUT2D eigenvalue weighted by Crippen LogP contribution is 2.38. The number of carbonyl (C=O) groups excluding carboxylic acids is 1. The van der Waals surface area contributed by atoms with Crippen molar-refractivity contribution in [3.05, 3.63) is 23.0 Å². The molecule has 23 heavy (non-hydrogen) atoms. The van der Waals surface area contributed by atoms with Crippen molar-refractivity contribution >= 4 is 11.9 Å². The summed E-state index contributed by atoms with van der Waals surface area (Å²) in [5, 5.41) is 19.6. The Labute approximate surface area is 135 Å². The fraction of sp³-hybridized carbons (Fsp3) is 0.647. The standard InChI is InChI=1S/C17H23NO5/c1-10-13-9-23-8-12(13)7-15(20)16(10)14(19)6-11-2-4-18(5-3-11)17(21)22/h8,11,14,16,19H,2-7,9H2,1H3,(H,21,22). The third kappa shape index (κ3) is 3.13. The number of amides is 1. The minimum Gasteiger partial charge on any atom is -0.496 e. The minimum atomic E-state index is -0.882. The molecule has 3 aliphatic rings. The zero-order valence-corrected chi connectivity index (χ0v) is 13.3. The highest BCUT2D eigenvalue weighted by molar-refractivity contribution is 5.90. The van der Waals surface area contributed by atoms with Crippen molar-refractivity contribution in [1.82, 2.24) is 4.90 Å².